The summed E-state index contributed by atoms with van der Waals surface area (Å²) in [5.41, 5.74) is 1.80. The molecule has 0 aliphatic carbocycles. The highest BCUT2D eigenvalue weighted by molar-refractivity contribution is 5.64. The maximum atomic E-state index is 5.41. The number of piperidine rings is 1. The van der Waals surface area contributed by atoms with E-state index in [1.165, 1.54) is 32.2 Å². The predicted octanol–water partition coefficient (Wildman–Crippen LogP) is 3.20. The number of nitrogens with zero attached hydrogens (tertiary/aromatic N) is 4. The molecule has 2 aromatic rings. The smallest absolute Gasteiger partial charge is 0.161 e. The van der Waals surface area contributed by atoms with E-state index in [9.17, 15) is 0 Å². The number of nitrogens with one attached hydrogen (secondary N) is 1. The van der Waals surface area contributed by atoms with Crippen molar-refractivity contribution >= 4 is 5.82 Å². The van der Waals surface area contributed by atoms with E-state index in [2.05, 4.69) is 38.3 Å². The lowest BCUT2D eigenvalue weighted by molar-refractivity contribution is 0.249. The number of likely N-dealkylation sites (tertiary alicyclic amines) is 1. The highest BCUT2D eigenvalue weighted by Gasteiger charge is 2.26. The average Bonchev–Trinajstić information content (AvgIpc) is 3.30. The van der Waals surface area contributed by atoms with Crippen molar-refractivity contribution < 1.29 is 9.47 Å². The molecule has 2 aliphatic heterocycles. The van der Waals surface area contributed by atoms with Gasteiger partial charge in [-0.05, 0) is 69.1 Å². The van der Waals surface area contributed by atoms with E-state index in [-0.39, 0.29) is 0 Å². The highest BCUT2D eigenvalue weighted by atomic mass is 16.5. The Morgan fingerprint density at radius 1 is 1.00 bits per heavy atom. The Balaban J connectivity index is 1.37. The third-order valence-corrected chi connectivity index (χ3v) is 6.62. The molecule has 0 saturated carbocycles. The number of likely N-dealkylation sites (N-methyl/N-ethyl adjacent to an activating group) is 1. The first-order chi connectivity index (χ1) is 15.2. The summed E-state index contributed by atoms with van der Waals surface area (Å²) in [4.78, 5) is 4.96. The van der Waals surface area contributed by atoms with Gasteiger partial charge in [-0.15, -0.1) is 10.2 Å². The van der Waals surface area contributed by atoms with Crippen LogP contribution in [0.5, 0.6) is 11.5 Å². The van der Waals surface area contributed by atoms with Crippen LogP contribution in [0.15, 0.2) is 30.3 Å². The van der Waals surface area contributed by atoms with E-state index < -0.39 is 0 Å². The van der Waals surface area contributed by atoms with Gasteiger partial charge in [0.1, 0.15) is 0 Å². The molecule has 2 saturated heterocycles. The first-order valence-electron chi connectivity index (χ1n) is 11.5. The van der Waals surface area contributed by atoms with Crippen molar-refractivity contribution in [3.63, 3.8) is 0 Å². The Morgan fingerprint density at radius 3 is 2.58 bits per heavy atom. The number of anilines is 1. The molecule has 2 fully saturated rings. The van der Waals surface area contributed by atoms with Gasteiger partial charge in [0.15, 0.2) is 17.3 Å². The van der Waals surface area contributed by atoms with E-state index in [1.54, 1.807) is 14.2 Å². The van der Waals surface area contributed by atoms with Gasteiger partial charge in [-0.2, -0.15) is 0 Å². The molecule has 0 amide bonds. The van der Waals surface area contributed by atoms with Gasteiger partial charge in [0.2, 0.25) is 0 Å². The summed E-state index contributed by atoms with van der Waals surface area (Å²) in [6.07, 6.45) is 5.06. The molecule has 31 heavy (non-hydrogen) atoms. The van der Waals surface area contributed by atoms with Crippen molar-refractivity contribution in [1.82, 2.24) is 20.4 Å². The molecule has 2 aliphatic rings. The quantitative estimate of drug-likeness (QED) is 0.697. The first-order valence-corrected chi connectivity index (χ1v) is 11.5. The van der Waals surface area contributed by atoms with E-state index in [1.807, 2.05) is 24.3 Å². The zero-order chi connectivity index (χ0) is 21.6. The summed E-state index contributed by atoms with van der Waals surface area (Å²) in [7, 11) is 3.28. The average molecular weight is 426 g/mol. The van der Waals surface area contributed by atoms with E-state index >= 15 is 0 Å². The molecule has 7 nitrogen and oxygen atoms in total. The van der Waals surface area contributed by atoms with Gasteiger partial charge in [0, 0.05) is 37.3 Å². The molecule has 1 N–H and O–H groups in total. The van der Waals surface area contributed by atoms with Crippen molar-refractivity contribution in [1.29, 1.82) is 0 Å². The lowest BCUT2D eigenvalue weighted by atomic mass is 10.0. The highest BCUT2D eigenvalue weighted by Crippen LogP contribution is 2.31. The topological polar surface area (TPSA) is 62.8 Å². The number of ether oxygens (including phenoxy) is 2. The van der Waals surface area contributed by atoms with Gasteiger partial charge in [-0.25, -0.2) is 0 Å². The number of hydrogen-bond donors (Lipinski definition) is 1. The Bertz CT molecular complexity index is 844. The number of aromatic nitrogens is 2. The number of methoxy groups -OCH3 is 2. The van der Waals surface area contributed by atoms with Gasteiger partial charge >= 0.3 is 0 Å². The second kappa shape index (κ2) is 10.3. The zero-order valence-electron chi connectivity index (χ0n) is 19.0. The second-order valence-corrected chi connectivity index (χ2v) is 8.46. The molecular weight excluding hydrogens is 390 g/mol. The van der Waals surface area contributed by atoms with Crippen LogP contribution in [0.3, 0.4) is 0 Å². The van der Waals surface area contributed by atoms with Crippen molar-refractivity contribution in [3.05, 3.63) is 30.3 Å². The molecule has 3 heterocycles. The van der Waals surface area contributed by atoms with Gasteiger partial charge in [0.05, 0.1) is 19.9 Å². The third kappa shape index (κ3) is 5.10. The van der Waals surface area contributed by atoms with Crippen LogP contribution < -0.4 is 19.7 Å². The predicted molar refractivity (Wildman–Crippen MR) is 124 cm³/mol. The van der Waals surface area contributed by atoms with Gasteiger partial charge in [0.25, 0.3) is 0 Å². The fourth-order valence-corrected chi connectivity index (χ4v) is 4.84. The molecule has 2 unspecified atom stereocenters. The van der Waals surface area contributed by atoms with Crippen LogP contribution in [0.2, 0.25) is 0 Å². The van der Waals surface area contributed by atoms with E-state index in [0.29, 0.717) is 23.6 Å². The number of rotatable bonds is 8. The summed E-state index contributed by atoms with van der Waals surface area (Å²) in [5, 5.41) is 12.9. The van der Waals surface area contributed by atoms with Crippen molar-refractivity contribution in [2.24, 2.45) is 0 Å². The molecule has 0 bridgehead atoms. The van der Waals surface area contributed by atoms with Gasteiger partial charge in [-0.1, -0.05) is 6.92 Å². The largest absolute Gasteiger partial charge is 0.493 e. The standard InChI is InChI=1S/C24H35N5O2/c1-4-28-13-6-8-20(28)16-25-19-7-5-14-29(17-19)24-12-10-21(26-27-24)18-9-11-22(30-2)23(15-18)31-3/h9-12,15,19-20,25H,4-8,13-14,16-17H2,1-3H3. The fourth-order valence-electron chi connectivity index (χ4n) is 4.84. The monoisotopic (exact) mass is 425 g/mol. The Kier molecular flexibility index (Phi) is 7.25. The van der Waals surface area contributed by atoms with Crippen LogP contribution in [0.1, 0.15) is 32.6 Å². The molecule has 0 radical (unpaired) electrons. The summed E-state index contributed by atoms with van der Waals surface area (Å²) in [6.45, 7) is 7.80. The van der Waals surface area contributed by atoms with Crippen LogP contribution in [0.4, 0.5) is 5.82 Å². The molecule has 1 aromatic heterocycles. The summed E-state index contributed by atoms with van der Waals surface area (Å²) in [6, 6.07) is 11.1. The summed E-state index contributed by atoms with van der Waals surface area (Å²) >= 11 is 0. The van der Waals surface area contributed by atoms with Crippen LogP contribution in [0.25, 0.3) is 11.3 Å². The molecule has 1 aromatic carbocycles. The molecular formula is C24H35N5O2. The molecule has 168 valence electrons. The maximum Gasteiger partial charge on any atom is 0.161 e. The zero-order valence-corrected chi connectivity index (χ0v) is 19.0. The summed E-state index contributed by atoms with van der Waals surface area (Å²) in [5.74, 6) is 2.36. The van der Waals surface area contributed by atoms with Crippen molar-refractivity contribution in [2.75, 3.05) is 51.8 Å². The minimum Gasteiger partial charge on any atom is -0.493 e. The van der Waals surface area contributed by atoms with Crippen LogP contribution in [-0.2, 0) is 0 Å². The maximum absolute atomic E-state index is 5.41. The van der Waals surface area contributed by atoms with E-state index in [4.69, 9.17) is 9.47 Å². The first kappa shape index (κ1) is 21.8. The van der Waals surface area contributed by atoms with Gasteiger partial charge < -0.3 is 19.7 Å². The Morgan fingerprint density at radius 2 is 1.84 bits per heavy atom. The molecule has 7 heteroatoms. The minimum absolute atomic E-state index is 0.514. The molecule has 0 spiro atoms. The van der Waals surface area contributed by atoms with Gasteiger partial charge in [-0.3, -0.25) is 4.90 Å². The Labute approximate surface area is 185 Å². The van der Waals surface area contributed by atoms with Crippen molar-refractivity contribution in [3.8, 4) is 22.8 Å². The lowest BCUT2D eigenvalue weighted by Crippen LogP contribution is -2.49. The minimum atomic E-state index is 0.514. The third-order valence-electron chi connectivity index (χ3n) is 6.62. The second-order valence-electron chi connectivity index (χ2n) is 8.46. The SMILES string of the molecule is CCN1CCCC1CNC1CCCN(c2ccc(-c3ccc(OC)c(OC)c3)nn2)C1. The van der Waals surface area contributed by atoms with Crippen LogP contribution in [0, 0.1) is 0 Å². The molecule has 4 rings (SSSR count). The van der Waals surface area contributed by atoms with Crippen LogP contribution >= 0.6 is 0 Å². The van der Waals surface area contributed by atoms with Crippen molar-refractivity contribution in [2.45, 2.75) is 44.7 Å². The van der Waals surface area contributed by atoms with E-state index in [0.717, 1.165) is 43.3 Å². The molecule has 2 atom stereocenters. The number of hydrogen-bond acceptors (Lipinski definition) is 7. The lowest BCUT2D eigenvalue weighted by Gasteiger charge is -2.35. The normalized spacial score (nSPS) is 22.0. The van der Waals surface area contributed by atoms with Crippen LogP contribution in [-0.4, -0.2) is 74.1 Å². The summed E-state index contributed by atoms with van der Waals surface area (Å²) < 4.78 is 10.7. The Hall–Kier alpha value is -2.38. The number of benzene rings is 1. The fraction of sp³-hybridized carbons (Fsp3) is 0.583.